The van der Waals surface area contributed by atoms with Gasteiger partial charge in [-0.25, -0.2) is 0 Å². The first-order chi connectivity index (χ1) is 6.22. The molecule has 0 bridgehead atoms. The maximum Gasteiger partial charge on any atom is 0.0441 e. The molecule has 70 valence electrons. The van der Waals surface area contributed by atoms with E-state index in [1.165, 1.54) is 17.5 Å². The molecule has 0 amide bonds. The van der Waals surface area contributed by atoms with Crippen LogP contribution in [0.3, 0.4) is 0 Å². The Morgan fingerprint density at radius 1 is 1.54 bits per heavy atom. The Hall–Kier alpha value is -0.530. The van der Waals surface area contributed by atoms with Gasteiger partial charge in [0.15, 0.2) is 0 Å². The summed E-state index contributed by atoms with van der Waals surface area (Å²) in [6.07, 6.45) is 1.21. The second-order valence-corrected chi connectivity index (χ2v) is 4.27. The molecule has 1 fully saturated rings. The van der Waals surface area contributed by atoms with Crippen LogP contribution in [0.4, 0.5) is 0 Å². The van der Waals surface area contributed by atoms with Gasteiger partial charge in [-0.05, 0) is 43.4 Å². The van der Waals surface area contributed by atoms with Crippen LogP contribution in [-0.4, -0.2) is 6.54 Å². The fourth-order valence-corrected chi connectivity index (χ4v) is 2.09. The van der Waals surface area contributed by atoms with Crippen molar-refractivity contribution in [3.63, 3.8) is 0 Å². The van der Waals surface area contributed by atoms with E-state index in [0.717, 1.165) is 11.6 Å². The number of rotatable bonds is 2. The molecule has 2 N–H and O–H groups in total. The van der Waals surface area contributed by atoms with Crippen molar-refractivity contribution < 1.29 is 0 Å². The zero-order valence-corrected chi connectivity index (χ0v) is 8.51. The minimum absolute atomic E-state index is 0.623. The number of hydrogen-bond donors (Lipinski definition) is 1. The molecule has 1 nitrogen and oxygen atoms in total. The highest BCUT2D eigenvalue weighted by atomic mass is 35.5. The molecule has 1 aliphatic rings. The topological polar surface area (TPSA) is 26.0 Å². The van der Waals surface area contributed by atoms with Crippen molar-refractivity contribution >= 4 is 11.6 Å². The van der Waals surface area contributed by atoms with E-state index in [2.05, 4.69) is 13.0 Å². The molecule has 0 spiro atoms. The number of aryl methyl sites for hydroxylation is 1. The first-order valence-electron chi connectivity index (χ1n) is 4.68. The highest BCUT2D eigenvalue weighted by molar-refractivity contribution is 6.31. The minimum atomic E-state index is 0.623. The highest BCUT2D eigenvalue weighted by Crippen LogP contribution is 2.48. The van der Waals surface area contributed by atoms with Gasteiger partial charge in [-0.2, -0.15) is 0 Å². The highest BCUT2D eigenvalue weighted by Gasteiger charge is 2.38. The lowest BCUT2D eigenvalue weighted by atomic mass is 10.1. The zero-order valence-electron chi connectivity index (χ0n) is 7.76. The van der Waals surface area contributed by atoms with Gasteiger partial charge in [-0.3, -0.25) is 0 Å². The van der Waals surface area contributed by atoms with E-state index < -0.39 is 0 Å². The second kappa shape index (κ2) is 3.32. The first-order valence-corrected chi connectivity index (χ1v) is 5.06. The van der Waals surface area contributed by atoms with Gasteiger partial charge in [0.1, 0.15) is 0 Å². The molecule has 2 unspecified atom stereocenters. The van der Waals surface area contributed by atoms with Crippen LogP contribution in [0.5, 0.6) is 0 Å². The van der Waals surface area contributed by atoms with Crippen LogP contribution in [-0.2, 0) is 0 Å². The number of halogens is 1. The van der Waals surface area contributed by atoms with E-state index in [9.17, 15) is 0 Å². The normalized spacial score (nSPS) is 26.1. The molecule has 2 heteroatoms. The van der Waals surface area contributed by atoms with Gasteiger partial charge in [-0.15, -0.1) is 0 Å². The lowest BCUT2D eigenvalue weighted by Gasteiger charge is -2.04. The van der Waals surface area contributed by atoms with E-state index in [-0.39, 0.29) is 0 Å². The standard InChI is InChI=1S/C11H14ClN/c1-7-2-3-11(12)10(4-7)9-5-8(9)6-13/h2-4,8-9H,5-6,13H2,1H3. The van der Waals surface area contributed by atoms with Crippen molar-refractivity contribution in [1.29, 1.82) is 0 Å². The fourth-order valence-electron chi connectivity index (χ4n) is 1.84. The van der Waals surface area contributed by atoms with Crippen molar-refractivity contribution in [3.05, 3.63) is 34.3 Å². The van der Waals surface area contributed by atoms with Crippen molar-refractivity contribution in [2.45, 2.75) is 19.3 Å². The summed E-state index contributed by atoms with van der Waals surface area (Å²) < 4.78 is 0. The van der Waals surface area contributed by atoms with E-state index >= 15 is 0 Å². The first kappa shape index (κ1) is 9.04. The van der Waals surface area contributed by atoms with Crippen molar-refractivity contribution in [3.8, 4) is 0 Å². The van der Waals surface area contributed by atoms with Crippen LogP contribution in [0.2, 0.25) is 5.02 Å². The van der Waals surface area contributed by atoms with Crippen molar-refractivity contribution in [2.24, 2.45) is 11.7 Å². The smallest absolute Gasteiger partial charge is 0.0441 e. The SMILES string of the molecule is Cc1ccc(Cl)c(C2CC2CN)c1. The number of benzene rings is 1. The molecule has 13 heavy (non-hydrogen) atoms. The lowest BCUT2D eigenvalue weighted by molar-refractivity contribution is 0.809. The van der Waals surface area contributed by atoms with Crippen molar-refractivity contribution in [1.82, 2.24) is 0 Å². The molecular weight excluding hydrogens is 182 g/mol. The Labute approximate surface area is 83.9 Å². The van der Waals surface area contributed by atoms with Gasteiger partial charge in [0.05, 0.1) is 0 Å². The van der Waals surface area contributed by atoms with E-state index in [1.54, 1.807) is 0 Å². The molecule has 2 atom stereocenters. The second-order valence-electron chi connectivity index (χ2n) is 3.86. The Kier molecular flexibility index (Phi) is 2.31. The lowest BCUT2D eigenvalue weighted by Crippen LogP contribution is -2.02. The van der Waals surface area contributed by atoms with Crippen LogP contribution < -0.4 is 5.73 Å². The van der Waals surface area contributed by atoms with Crippen LogP contribution in [0.25, 0.3) is 0 Å². The molecule has 1 aromatic rings. The van der Waals surface area contributed by atoms with Gasteiger partial charge >= 0.3 is 0 Å². The monoisotopic (exact) mass is 195 g/mol. The van der Waals surface area contributed by atoms with E-state index in [1.807, 2.05) is 12.1 Å². The van der Waals surface area contributed by atoms with Crippen LogP contribution in [0.15, 0.2) is 18.2 Å². The molecule has 1 saturated carbocycles. The third kappa shape index (κ3) is 1.72. The van der Waals surface area contributed by atoms with Crippen molar-refractivity contribution in [2.75, 3.05) is 6.54 Å². The maximum absolute atomic E-state index is 6.11. The third-order valence-corrected chi connectivity index (χ3v) is 3.12. The average molecular weight is 196 g/mol. The summed E-state index contributed by atoms with van der Waals surface area (Å²) in [6.45, 7) is 2.88. The molecule has 0 aromatic heterocycles. The summed E-state index contributed by atoms with van der Waals surface area (Å²) in [6, 6.07) is 6.21. The molecule has 0 aliphatic heterocycles. The maximum atomic E-state index is 6.11. The summed E-state index contributed by atoms with van der Waals surface area (Å²) in [5, 5.41) is 0.895. The predicted molar refractivity (Wildman–Crippen MR) is 56.1 cm³/mol. The van der Waals surface area contributed by atoms with Gasteiger partial charge in [-0.1, -0.05) is 29.3 Å². The molecule has 2 rings (SSSR count). The molecule has 0 saturated heterocycles. The van der Waals surface area contributed by atoms with E-state index in [4.69, 9.17) is 17.3 Å². The van der Waals surface area contributed by atoms with Gasteiger partial charge in [0.25, 0.3) is 0 Å². The third-order valence-electron chi connectivity index (χ3n) is 2.78. The summed E-state index contributed by atoms with van der Waals surface area (Å²) in [4.78, 5) is 0. The largest absolute Gasteiger partial charge is 0.330 e. The van der Waals surface area contributed by atoms with Gasteiger partial charge in [0, 0.05) is 5.02 Å². The molecule has 0 radical (unpaired) electrons. The van der Waals surface area contributed by atoms with Crippen LogP contribution in [0, 0.1) is 12.8 Å². The van der Waals surface area contributed by atoms with E-state index in [0.29, 0.717) is 11.8 Å². The Balaban J connectivity index is 2.25. The molecule has 1 aromatic carbocycles. The molecule has 0 heterocycles. The average Bonchev–Trinajstić information content (AvgIpc) is 2.88. The quantitative estimate of drug-likeness (QED) is 0.772. The summed E-state index contributed by atoms with van der Waals surface area (Å²) in [7, 11) is 0. The summed E-state index contributed by atoms with van der Waals surface area (Å²) in [5.74, 6) is 1.29. The fraction of sp³-hybridized carbons (Fsp3) is 0.455. The van der Waals surface area contributed by atoms with Gasteiger partial charge < -0.3 is 5.73 Å². The molecular formula is C11H14ClN. The zero-order chi connectivity index (χ0) is 9.42. The predicted octanol–water partition coefficient (Wildman–Crippen LogP) is 2.71. The minimum Gasteiger partial charge on any atom is -0.330 e. The Morgan fingerprint density at radius 3 is 2.92 bits per heavy atom. The summed E-state index contributed by atoms with van der Waals surface area (Å²) in [5.41, 5.74) is 8.18. The molecule has 1 aliphatic carbocycles. The Bertz CT molecular complexity index is 322. The summed E-state index contributed by atoms with van der Waals surface area (Å²) >= 11 is 6.11. The van der Waals surface area contributed by atoms with Crippen LogP contribution >= 0.6 is 11.6 Å². The van der Waals surface area contributed by atoms with Crippen LogP contribution in [0.1, 0.15) is 23.5 Å². The van der Waals surface area contributed by atoms with Gasteiger partial charge in [0.2, 0.25) is 0 Å². The Morgan fingerprint density at radius 2 is 2.31 bits per heavy atom. The number of nitrogens with two attached hydrogens (primary N) is 1. The number of hydrogen-bond acceptors (Lipinski definition) is 1.